The molecule has 0 saturated heterocycles. The minimum Gasteiger partial charge on any atom is -0.360 e. The van der Waals surface area contributed by atoms with Gasteiger partial charge in [-0.05, 0) is 103 Å². The fourth-order valence-electron chi connectivity index (χ4n) is 7.85. The number of pyridine rings is 1. The van der Waals surface area contributed by atoms with Crippen molar-refractivity contribution in [2.45, 2.75) is 6.17 Å². The summed E-state index contributed by atoms with van der Waals surface area (Å²) in [5, 5.41) is 8.78. The zero-order valence-electron chi connectivity index (χ0n) is 29.5. The van der Waals surface area contributed by atoms with Crippen LogP contribution in [0.3, 0.4) is 0 Å². The summed E-state index contributed by atoms with van der Waals surface area (Å²) in [6.45, 7) is 0. The molecule has 54 heavy (non-hydrogen) atoms. The number of fused-ring (bicyclic) bond motifs is 3. The summed E-state index contributed by atoms with van der Waals surface area (Å²) in [5.74, 6) is 0. The van der Waals surface area contributed by atoms with Crippen molar-refractivity contribution in [2.24, 2.45) is 4.99 Å². The zero-order chi connectivity index (χ0) is 35.8. The highest BCUT2D eigenvalue weighted by molar-refractivity contribution is 6.17. The molecule has 1 aromatic heterocycles. The van der Waals surface area contributed by atoms with Crippen LogP contribution < -0.4 is 5.32 Å². The minimum atomic E-state index is -0.308. The fraction of sp³-hybridized carbons (Fsp3) is 0.0196. The van der Waals surface area contributed by atoms with E-state index in [9.17, 15) is 0 Å². The van der Waals surface area contributed by atoms with Crippen LogP contribution in [0.25, 0.3) is 66.2 Å². The molecule has 0 amide bonds. The van der Waals surface area contributed by atoms with Crippen molar-refractivity contribution in [1.29, 1.82) is 0 Å². The standard InChI is InChI=1S/C51H35N3/c1-2-14-38(15-3-1)50-47-33-39(45-20-10-16-35-12-4-6-18-43(35)45)27-28-49(47)53-51(54-50)42-31-40(34-23-25-37(26-24-34)48-22-8-9-29-52-48)30-41(32-42)46-21-11-17-36-13-5-7-19-44(36)46/h1-33,51,53H. The van der Waals surface area contributed by atoms with Crippen molar-refractivity contribution < 1.29 is 0 Å². The number of rotatable bonds is 6. The van der Waals surface area contributed by atoms with Gasteiger partial charge in [0, 0.05) is 28.6 Å². The second-order valence-corrected chi connectivity index (χ2v) is 13.8. The molecule has 9 aromatic rings. The molecule has 10 rings (SSSR count). The van der Waals surface area contributed by atoms with Crippen LogP contribution in [0.5, 0.6) is 0 Å². The molecular formula is C51H35N3. The Morgan fingerprint density at radius 2 is 1.00 bits per heavy atom. The first-order valence-electron chi connectivity index (χ1n) is 18.4. The Hall–Kier alpha value is -7.10. The van der Waals surface area contributed by atoms with Crippen LogP contribution in [-0.4, -0.2) is 10.7 Å². The van der Waals surface area contributed by atoms with E-state index in [-0.39, 0.29) is 6.17 Å². The van der Waals surface area contributed by atoms with Gasteiger partial charge in [0.05, 0.1) is 11.4 Å². The van der Waals surface area contributed by atoms with Crippen LogP contribution in [0.4, 0.5) is 5.69 Å². The van der Waals surface area contributed by atoms with Crippen LogP contribution in [0, 0.1) is 0 Å². The molecule has 0 bridgehead atoms. The van der Waals surface area contributed by atoms with Crippen molar-refractivity contribution >= 4 is 32.9 Å². The first kappa shape index (κ1) is 31.6. The quantitative estimate of drug-likeness (QED) is 0.189. The molecule has 1 unspecified atom stereocenters. The summed E-state index contributed by atoms with van der Waals surface area (Å²) in [6.07, 6.45) is 1.53. The fourth-order valence-corrected chi connectivity index (χ4v) is 7.85. The second kappa shape index (κ2) is 13.5. The highest BCUT2D eigenvalue weighted by atomic mass is 15.1. The number of benzene rings is 8. The average Bonchev–Trinajstić information content (AvgIpc) is 3.26. The monoisotopic (exact) mass is 689 g/mol. The number of aromatic nitrogens is 1. The maximum atomic E-state index is 5.54. The number of nitrogens with zero attached hydrogens (tertiary/aromatic N) is 2. The highest BCUT2D eigenvalue weighted by Crippen LogP contribution is 2.40. The van der Waals surface area contributed by atoms with Gasteiger partial charge < -0.3 is 5.32 Å². The van der Waals surface area contributed by atoms with E-state index in [0.717, 1.165) is 56.0 Å². The maximum absolute atomic E-state index is 5.54. The Kier molecular flexibility index (Phi) is 7.88. The number of nitrogens with one attached hydrogen (secondary N) is 1. The Morgan fingerprint density at radius 1 is 0.389 bits per heavy atom. The van der Waals surface area contributed by atoms with Gasteiger partial charge in [0.1, 0.15) is 6.17 Å². The number of aliphatic imine (C=N–C) groups is 1. The number of hydrogen-bond donors (Lipinski definition) is 1. The minimum absolute atomic E-state index is 0.308. The third-order valence-corrected chi connectivity index (χ3v) is 10.5. The normalized spacial score (nSPS) is 13.6. The first-order chi connectivity index (χ1) is 26.7. The lowest BCUT2D eigenvalue weighted by molar-refractivity contribution is 0.829. The average molecular weight is 690 g/mol. The first-order valence-corrected chi connectivity index (χ1v) is 18.4. The molecule has 1 aliphatic heterocycles. The molecule has 1 N–H and O–H groups in total. The summed E-state index contributed by atoms with van der Waals surface area (Å²) in [7, 11) is 0. The van der Waals surface area contributed by atoms with E-state index in [1.807, 2.05) is 24.4 Å². The third-order valence-electron chi connectivity index (χ3n) is 10.5. The van der Waals surface area contributed by atoms with Gasteiger partial charge in [0.25, 0.3) is 0 Å². The van der Waals surface area contributed by atoms with Crippen molar-refractivity contribution in [3.63, 3.8) is 0 Å². The Balaban J connectivity index is 1.13. The number of anilines is 1. The van der Waals surface area contributed by atoms with Crippen LogP contribution >= 0.6 is 0 Å². The summed E-state index contributed by atoms with van der Waals surface area (Å²) >= 11 is 0. The van der Waals surface area contributed by atoms with Crippen molar-refractivity contribution in [3.8, 4) is 44.6 Å². The molecule has 3 heteroatoms. The molecule has 254 valence electrons. The van der Waals surface area contributed by atoms with E-state index < -0.39 is 0 Å². The van der Waals surface area contributed by atoms with Gasteiger partial charge in [-0.15, -0.1) is 0 Å². The molecule has 0 aliphatic carbocycles. The predicted octanol–water partition coefficient (Wildman–Crippen LogP) is 13.0. The summed E-state index contributed by atoms with van der Waals surface area (Å²) in [6, 6.07) is 69.3. The van der Waals surface area contributed by atoms with Crippen LogP contribution in [0.1, 0.15) is 22.9 Å². The van der Waals surface area contributed by atoms with Gasteiger partial charge in [0.2, 0.25) is 0 Å². The molecule has 2 heterocycles. The van der Waals surface area contributed by atoms with Crippen molar-refractivity contribution in [1.82, 2.24) is 4.98 Å². The van der Waals surface area contributed by atoms with Gasteiger partial charge in [-0.25, -0.2) is 0 Å². The summed E-state index contributed by atoms with van der Waals surface area (Å²) < 4.78 is 0. The lowest BCUT2D eigenvalue weighted by Crippen LogP contribution is -2.21. The van der Waals surface area contributed by atoms with E-state index in [2.05, 4.69) is 186 Å². The summed E-state index contributed by atoms with van der Waals surface area (Å²) in [4.78, 5) is 10.1. The zero-order valence-corrected chi connectivity index (χ0v) is 29.5. The SMILES string of the molecule is c1ccc(C2=NC(c3cc(-c4ccc(-c5ccccn5)cc4)cc(-c4cccc5ccccc45)c3)Nc3ccc(-c4cccc5ccccc45)cc32)cc1. The molecule has 0 saturated carbocycles. The third kappa shape index (κ3) is 5.82. The lowest BCUT2D eigenvalue weighted by Gasteiger charge is -2.28. The van der Waals surface area contributed by atoms with Crippen LogP contribution in [-0.2, 0) is 0 Å². The molecular weight excluding hydrogens is 655 g/mol. The molecule has 0 spiro atoms. The molecule has 1 aliphatic rings. The topological polar surface area (TPSA) is 37.3 Å². The van der Waals surface area contributed by atoms with Gasteiger partial charge in [-0.2, -0.15) is 0 Å². The summed E-state index contributed by atoms with van der Waals surface area (Å²) in [5.41, 5.74) is 14.4. The Labute approximate surface area is 315 Å². The van der Waals surface area contributed by atoms with Gasteiger partial charge in [-0.3, -0.25) is 9.98 Å². The molecule has 0 radical (unpaired) electrons. The maximum Gasteiger partial charge on any atom is 0.145 e. The van der Waals surface area contributed by atoms with E-state index in [4.69, 9.17) is 4.99 Å². The van der Waals surface area contributed by atoms with E-state index in [0.29, 0.717) is 0 Å². The highest BCUT2D eigenvalue weighted by Gasteiger charge is 2.25. The van der Waals surface area contributed by atoms with E-state index in [1.54, 1.807) is 0 Å². The van der Waals surface area contributed by atoms with Crippen LogP contribution in [0.15, 0.2) is 205 Å². The smallest absolute Gasteiger partial charge is 0.145 e. The van der Waals surface area contributed by atoms with Gasteiger partial charge >= 0.3 is 0 Å². The lowest BCUT2D eigenvalue weighted by atomic mass is 9.90. The largest absolute Gasteiger partial charge is 0.360 e. The Bertz CT molecular complexity index is 2830. The molecule has 3 nitrogen and oxygen atoms in total. The molecule has 0 fully saturated rings. The predicted molar refractivity (Wildman–Crippen MR) is 226 cm³/mol. The van der Waals surface area contributed by atoms with Gasteiger partial charge in [-0.1, -0.05) is 152 Å². The number of hydrogen-bond acceptors (Lipinski definition) is 3. The second-order valence-electron chi connectivity index (χ2n) is 13.8. The van der Waals surface area contributed by atoms with Crippen molar-refractivity contribution in [2.75, 3.05) is 5.32 Å². The molecule has 8 aromatic carbocycles. The van der Waals surface area contributed by atoms with E-state index >= 15 is 0 Å². The van der Waals surface area contributed by atoms with Crippen LogP contribution in [0.2, 0.25) is 0 Å². The van der Waals surface area contributed by atoms with Gasteiger partial charge in [0.15, 0.2) is 0 Å². The van der Waals surface area contributed by atoms with E-state index in [1.165, 1.54) is 38.2 Å². The van der Waals surface area contributed by atoms with Crippen molar-refractivity contribution in [3.05, 3.63) is 217 Å². The Morgan fingerprint density at radius 3 is 1.72 bits per heavy atom. The molecule has 1 atom stereocenters.